The SMILES string of the molecule is CNC(C)(C)c1ccsc1. The Bertz CT molecular complexity index is 189. The molecule has 1 rings (SSSR count). The highest BCUT2D eigenvalue weighted by Gasteiger charge is 2.16. The van der Waals surface area contributed by atoms with Gasteiger partial charge in [0.2, 0.25) is 0 Å². The van der Waals surface area contributed by atoms with E-state index in [-0.39, 0.29) is 5.54 Å². The van der Waals surface area contributed by atoms with Gasteiger partial charge in [-0.25, -0.2) is 0 Å². The van der Waals surface area contributed by atoms with E-state index in [1.165, 1.54) is 5.56 Å². The van der Waals surface area contributed by atoms with E-state index in [1.54, 1.807) is 11.3 Å². The van der Waals surface area contributed by atoms with Gasteiger partial charge in [0, 0.05) is 5.54 Å². The van der Waals surface area contributed by atoms with Crippen LogP contribution in [0.2, 0.25) is 0 Å². The second-order valence-corrected chi connectivity index (χ2v) is 3.67. The molecule has 0 radical (unpaired) electrons. The summed E-state index contributed by atoms with van der Waals surface area (Å²) in [5, 5.41) is 7.53. The van der Waals surface area contributed by atoms with Gasteiger partial charge < -0.3 is 5.32 Å². The van der Waals surface area contributed by atoms with E-state index >= 15 is 0 Å². The molecule has 1 nitrogen and oxygen atoms in total. The fourth-order valence-corrected chi connectivity index (χ4v) is 1.59. The molecule has 0 saturated carbocycles. The highest BCUT2D eigenvalue weighted by atomic mass is 32.1. The van der Waals surface area contributed by atoms with Crippen molar-refractivity contribution in [1.29, 1.82) is 0 Å². The number of hydrogen-bond acceptors (Lipinski definition) is 2. The third kappa shape index (κ3) is 1.39. The van der Waals surface area contributed by atoms with Crippen LogP contribution >= 0.6 is 11.3 Å². The molecule has 0 aromatic carbocycles. The standard InChI is InChI=1S/C8H13NS/c1-8(2,9-3)7-4-5-10-6-7/h4-6,9H,1-3H3. The lowest BCUT2D eigenvalue weighted by Crippen LogP contribution is -2.32. The average Bonchev–Trinajstić information content (AvgIpc) is 2.38. The lowest BCUT2D eigenvalue weighted by atomic mass is 9.98. The second kappa shape index (κ2) is 2.72. The van der Waals surface area contributed by atoms with Crippen molar-refractivity contribution in [3.8, 4) is 0 Å². The predicted molar refractivity (Wildman–Crippen MR) is 46.4 cm³/mol. The van der Waals surface area contributed by atoms with Crippen molar-refractivity contribution in [2.75, 3.05) is 7.05 Å². The van der Waals surface area contributed by atoms with Crippen LogP contribution in [0.1, 0.15) is 19.4 Å². The smallest absolute Gasteiger partial charge is 0.0383 e. The quantitative estimate of drug-likeness (QED) is 0.690. The molecule has 0 aliphatic heterocycles. The first-order chi connectivity index (χ1) is 4.67. The van der Waals surface area contributed by atoms with Crippen molar-refractivity contribution in [2.24, 2.45) is 0 Å². The maximum Gasteiger partial charge on any atom is 0.0383 e. The normalized spacial score (nSPS) is 11.9. The first kappa shape index (κ1) is 7.76. The van der Waals surface area contributed by atoms with Crippen molar-refractivity contribution in [2.45, 2.75) is 19.4 Å². The van der Waals surface area contributed by atoms with Gasteiger partial charge in [0.25, 0.3) is 0 Å². The van der Waals surface area contributed by atoms with Crippen molar-refractivity contribution in [3.05, 3.63) is 22.4 Å². The summed E-state index contributed by atoms with van der Waals surface area (Å²) in [6.07, 6.45) is 0. The Morgan fingerprint density at radius 3 is 2.60 bits per heavy atom. The van der Waals surface area contributed by atoms with E-state index in [2.05, 4.69) is 36.0 Å². The Labute approximate surface area is 66.1 Å². The van der Waals surface area contributed by atoms with Crippen LogP contribution in [-0.2, 0) is 5.54 Å². The third-order valence-electron chi connectivity index (χ3n) is 1.87. The summed E-state index contributed by atoms with van der Waals surface area (Å²) in [4.78, 5) is 0. The van der Waals surface area contributed by atoms with Crippen LogP contribution in [0.4, 0.5) is 0 Å². The van der Waals surface area contributed by atoms with Crippen LogP contribution in [0, 0.1) is 0 Å². The van der Waals surface area contributed by atoms with E-state index in [4.69, 9.17) is 0 Å². The molecule has 0 atom stereocenters. The van der Waals surface area contributed by atoms with Crippen LogP contribution in [0.15, 0.2) is 16.8 Å². The zero-order valence-electron chi connectivity index (χ0n) is 6.64. The van der Waals surface area contributed by atoms with Gasteiger partial charge in [0.05, 0.1) is 0 Å². The van der Waals surface area contributed by atoms with E-state index in [1.807, 2.05) is 7.05 Å². The summed E-state index contributed by atoms with van der Waals surface area (Å²) < 4.78 is 0. The van der Waals surface area contributed by atoms with Crippen molar-refractivity contribution in [3.63, 3.8) is 0 Å². The molecule has 0 aliphatic carbocycles. The first-order valence-electron chi connectivity index (χ1n) is 3.38. The van der Waals surface area contributed by atoms with E-state index in [0.717, 1.165) is 0 Å². The van der Waals surface area contributed by atoms with E-state index < -0.39 is 0 Å². The molecule has 2 heteroatoms. The van der Waals surface area contributed by atoms with Gasteiger partial charge in [-0.05, 0) is 43.3 Å². The summed E-state index contributed by atoms with van der Waals surface area (Å²) in [7, 11) is 1.98. The molecule has 0 amide bonds. The first-order valence-corrected chi connectivity index (χ1v) is 4.32. The third-order valence-corrected chi connectivity index (χ3v) is 2.55. The van der Waals surface area contributed by atoms with Crippen LogP contribution in [0.5, 0.6) is 0 Å². The van der Waals surface area contributed by atoms with Crippen LogP contribution in [-0.4, -0.2) is 7.05 Å². The zero-order chi connectivity index (χ0) is 7.61. The Kier molecular flexibility index (Phi) is 2.11. The molecule has 0 unspecified atom stereocenters. The maximum atomic E-state index is 3.25. The summed E-state index contributed by atoms with van der Waals surface area (Å²) >= 11 is 1.74. The van der Waals surface area contributed by atoms with Crippen LogP contribution < -0.4 is 5.32 Å². The van der Waals surface area contributed by atoms with Gasteiger partial charge in [-0.15, -0.1) is 0 Å². The van der Waals surface area contributed by atoms with Gasteiger partial charge in [0.1, 0.15) is 0 Å². The van der Waals surface area contributed by atoms with Crippen LogP contribution in [0.25, 0.3) is 0 Å². The van der Waals surface area contributed by atoms with Gasteiger partial charge in [-0.1, -0.05) is 0 Å². The number of thiophene rings is 1. The van der Waals surface area contributed by atoms with Gasteiger partial charge in [-0.3, -0.25) is 0 Å². The highest BCUT2D eigenvalue weighted by Crippen LogP contribution is 2.21. The minimum atomic E-state index is 0.125. The fourth-order valence-electron chi connectivity index (χ4n) is 0.764. The van der Waals surface area contributed by atoms with Crippen LogP contribution in [0.3, 0.4) is 0 Å². The molecule has 0 saturated heterocycles. The molecule has 0 bridgehead atoms. The van der Waals surface area contributed by atoms with Crippen molar-refractivity contribution in [1.82, 2.24) is 5.32 Å². The number of nitrogens with one attached hydrogen (secondary N) is 1. The summed E-state index contributed by atoms with van der Waals surface area (Å²) in [6, 6.07) is 2.15. The minimum Gasteiger partial charge on any atom is -0.311 e. The lowest BCUT2D eigenvalue weighted by Gasteiger charge is -2.22. The zero-order valence-corrected chi connectivity index (χ0v) is 7.46. The van der Waals surface area contributed by atoms with Gasteiger partial charge in [-0.2, -0.15) is 11.3 Å². The summed E-state index contributed by atoms with van der Waals surface area (Å²) in [5.41, 5.74) is 1.49. The van der Waals surface area contributed by atoms with Gasteiger partial charge >= 0.3 is 0 Å². The monoisotopic (exact) mass is 155 g/mol. The maximum absolute atomic E-state index is 3.25. The second-order valence-electron chi connectivity index (χ2n) is 2.89. The average molecular weight is 155 g/mol. The molecular formula is C8H13NS. The summed E-state index contributed by atoms with van der Waals surface area (Å²) in [6.45, 7) is 4.35. The highest BCUT2D eigenvalue weighted by molar-refractivity contribution is 7.08. The topological polar surface area (TPSA) is 12.0 Å². The molecule has 10 heavy (non-hydrogen) atoms. The van der Waals surface area contributed by atoms with Crippen molar-refractivity contribution >= 4 is 11.3 Å². The van der Waals surface area contributed by atoms with Crippen molar-refractivity contribution < 1.29 is 0 Å². The fraction of sp³-hybridized carbons (Fsp3) is 0.500. The molecular weight excluding hydrogens is 142 g/mol. The Hall–Kier alpha value is -0.340. The summed E-state index contributed by atoms with van der Waals surface area (Å²) in [5.74, 6) is 0. The number of hydrogen-bond donors (Lipinski definition) is 1. The minimum absolute atomic E-state index is 0.125. The van der Waals surface area contributed by atoms with E-state index in [9.17, 15) is 0 Å². The molecule has 1 aromatic heterocycles. The Morgan fingerprint density at radius 2 is 2.20 bits per heavy atom. The molecule has 1 N–H and O–H groups in total. The van der Waals surface area contributed by atoms with Gasteiger partial charge in [0.15, 0.2) is 0 Å². The van der Waals surface area contributed by atoms with E-state index in [0.29, 0.717) is 0 Å². The Balaban J connectivity index is 2.85. The predicted octanol–water partition coefficient (Wildman–Crippen LogP) is 2.20. The molecule has 1 heterocycles. The Morgan fingerprint density at radius 1 is 1.50 bits per heavy atom. The molecule has 0 spiro atoms. The molecule has 0 fully saturated rings. The number of rotatable bonds is 2. The molecule has 1 aromatic rings. The lowest BCUT2D eigenvalue weighted by molar-refractivity contribution is 0.446. The largest absolute Gasteiger partial charge is 0.311 e. The molecule has 0 aliphatic rings. The molecule has 56 valence electrons.